The van der Waals surface area contributed by atoms with Crippen molar-refractivity contribution in [1.82, 2.24) is 10.2 Å². The highest BCUT2D eigenvalue weighted by Gasteiger charge is 2.31. The van der Waals surface area contributed by atoms with Crippen LogP contribution < -0.4 is 5.32 Å². The smallest absolute Gasteiger partial charge is 0.151 e. The SMILES string of the molecule is CCCN1CCNCC1C(C)S(C)(=O)=O. The van der Waals surface area contributed by atoms with Gasteiger partial charge in [0.2, 0.25) is 0 Å². The van der Waals surface area contributed by atoms with Gasteiger partial charge in [0.05, 0.1) is 5.25 Å². The van der Waals surface area contributed by atoms with Crippen LogP contribution in [-0.2, 0) is 9.84 Å². The highest BCUT2D eigenvalue weighted by atomic mass is 32.2. The molecule has 0 spiro atoms. The molecule has 0 aliphatic carbocycles. The third-order valence-corrected chi connectivity index (χ3v) is 4.79. The first-order valence-corrected chi connectivity index (χ1v) is 7.56. The predicted molar refractivity (Wildman–Crippen MR) is 62.8 cm³/mol. The van der Waals surface area contributed by atoms with Gasteiger partial charge < -0.3 is 5.32 Å². The minimum atomic E-state index is -2.94. The van der Waals surface area contributed by atoms with E-state index in [9.17, 15) is 8.42 Å². The summed E-state index contributed by atoms with van der Waals surface area (Å²) in [4.78, 5) is 2.29. The maximum Gasteiger partial charge on any atom is 0.151 e. The molecule has 1 aliphatic heterocycles. The summed E-state index contributed by atoms with van der Waals surface area (Å²) in [7, 11) is -2.94. The van der Waals surface area contributed by atoms with E-state index in [1.54, 1.807) is 0 Å². The van der Waals surface area contributed by atoms with Crippen LogP contribution in [-0.4, -0.2) is 57.0 Å². The highest BCUT2D eigenvalue weighted by Crippen LogP contribution is 2.14. The van der Waals surface area contributed by atoms with Gasteiger partial charge in [-0.2, -0.15) is 0 Å². The molecule has 0 aromatic rings. The molecule has 1 fully saturated rings. The Morgan fingerprint density at radius 3 is 2.73 bits per heavy atom. The van der Waals surface area contributed by atoms with Crippen LogP contribution in [0.1, 0.15) is 20.3 Å². The minimum absolute atomic E-state index is 0.133. The predicted octanol–water partition coefficient (Wildman–Crippen LogP) is 0.103. The van der Waals surface area contributed by atoms with Crippen molar-refractivity contribution in [3.8, 4) is 0 Å². The Morgan fingerprint density at radius 1 is 1.53 bits per heavy atom. The van der Waals surface area contributed by atoms with Gasteiger partial charge in [0.1, 0.15) is 0 Å². The lowest BCUT2D eigenvalue weighted by Gasteiger charge is -2.38. The fourth-order valence-corrected chi connectivity index (χ4v) is 2.92. The van der Waals surface area contributed by atoms with Crippen LogP contribution in [0.3, 0.4) is 0 Å². The lowest BCUT2D eigenvalue weighted by molar-refractivity contribution is 0.159. The molecule has 0 saturated carbocycles. The fraction of sp³-hybridized carbons (Fsp3) is 1.00. The number of hydrogen-bond acceptors (Lipinski definition) is 4. The topological polar surface area (TPSA) is 49.4 Å². The Labute approximate surface area is 93.0 Å². The summed E-state index contributed by atoms with van der Waals surface area (Å²) in [5, 5.41) is 2.99. The van der Waals surface area contributed by atoms with Crippen LogP contribution >= 0.6 is 0 Å². The van der Waals surface area contributed by atoms with E-state index >= 15 is 0 Å². The van der Waals surface area contributed by atoms with Crippen LogP contribution in [0, 0.1) is 0 Å². The Balaban J connectivity index is 2.71. The summed E-state index contributed by atoms with van der Waals surface area (Å²) >= 11 is 0. The number of nitrogens with one attached hydrogen (secondary N) is 1. The molecule has 90 valence electrons. The van der Waals surface area contributed by atoms with Crippen molar-refractivity contribution in [3.63, 3.8) is 0 Å². The third-order valence-electron chi connectivity index (χ3n) is 3.13. The van der Waals surface area contributed by atoms with Gasteiger partial charge in [0.15, 0.2) is 9.84 Å². The van der Waals surface area contributed by atoms with Gasteiger partial charge >= 0.3 is 0 Å². The number of rotatable bonds is 4. The molecule has 1 heterocycles. The first kappa shape index (κ1) is 12.9. The standard InChI is InChI=1S/C10H22N2O2S/c1-4-6-12-7-5-11-8-10(12)9(2)15(3,13)14/h9-11H,4-8H2,1-3H3. The second-order valence-corrected chi connectivity index (χ2v) is 6.74. The molecule has 0 bridgehead atoms. The van der Waals surface area contributed by atoms with Gasteiger partial charge in [-0.05, 0) is 19.9 Å². The summed E-state index contributed by atoms with van der Waals surface area (Å²) in [6.07, 6.45) is 2.41. The lowest BCUT2D eigenvalue weighted by atomic mass is 10.1. The Kier molecular flexibility index (Phi) is 4.55. The molecule has 15 heavy (non-hydrogen) atoms. The summed E-state index contributed by atoms with van der Waals surface area (Å²) in [5.74, 6) is 0. The van der Waals surface area contributed by atoms with Crippen molar-refractivity contribution in [2.75, 3.05) is 32.4 Å². The molecule has 4 nitrogen and oxygen atoms in total. The molecule has 1 N–H and O–H groups in total. The molecule has 0 aromatic carbocycles. The maximum atomic E-state index is 11.5. The molecule has 2 unspecified atom stereocenters. The first-order valence-electron chi connectivity index (χ1n) is 5.60. The fourth-order valence-electron chi connectivity index (χ4n) is 2.08. The second-order valence-electron chi connectivity index (χ2n) is 4.34. The molecule has 1 aliphatic rings. The Morgan fingerprint density at radius 2 is 2.20 bits per heavy atom. The van der Waals surface area contributed by atoms with Gasteiger partial charge in [-0.15, -0.1) is 0 Å². The molecule has 1 saturated heterocycles. The monoisotopic (exact) mass is 234 g/mol. The first-order chi connectivity index (χ1) is 6.96. The van der Waals surface area contributed by atoms with Gasteiger partial charge in [0, 0.05) is 31.9 Å². The van der Waals surface area contributed by atoms with E-state index in [2.05, 4.69) is 17.1 Å². The molecule has 0 radical (unpaired) electrons. The van der Waals surface area contributed by atoms with E-state index in [0.29, 0.717) is 0 Å². The van der Waals surface area contributed by atoms with E-state index in [4.69, 9.17) is 0 Å². The number of nitrogens with zero attached hydrogens (tertiary/aromatic N) is 1. The summed E-state index contributed by atoms with van der Waals surface area (Å²) < 4.78 is 23.1. The van der Waals surface area contributed by atoms with Gasteiger partial charge in [-0.25, -0.2) is 8.42 Å². The van der Waals surface area contributed by atoms with E-state index in [1.165, 1.54) is 6.26 Å². The van der Waals surface area contributed by atoms with Gasteiger partial charge in [0.25, 0.3) is 0 Å². The lowest BCUT2D eigenvalue weighted by Crippen LogP contribution is -2.57. The summed E-state index contributed by atoms with van der Waals surface area (Å²) in [6.45, 7) is 7.64. The molecular formula is C10H22N2O2S. The van der Waals surface area contributed by atoms with E-state index in [0.717, 1.165) is 32.6 Å². The molecule has 0 aromatic heterocycles. The Hall–Kier alpha value is -0.130. The van der Waals surface area contributed by atoms with Crippen molar-refractivity contribution < 1.29 is 8.42 Å². The van der Waals surface area contributed by atoms with Crippen LogP contribution in [0.25, 0.3) is 0 Å². The largest absolute Gasteiger partial charge is 0.314 e. The Bertz CT molecular complexity index is 288. The quantitative estimate of drug-likeness (QED) is 0.750. The van der Waals surface area contributed by atoms with E-state index in [-0.39, 0.29) is 11.3 Å². The van der Waals surface area contributed by atoms with Gasteiger partial charge in [-0.1, -0.05) is 6.92 Å². The molecule has 2 atom stereocenters. The van der Waals surface area contributed by atoms with Crippen molar-refractivity contribution in [3.05, 3.63) is 0 Å². The van der Waals surface area contributed by atoms with Crippen molar-refractivity contribution >= 4 is 9.84 Å². The van der Waals surface area contributed by atoms with Gasteiger partial charge in [-0.3, -0.25) is 4.90 Å². The average Bonchev–Trinajstić information content (AvgIpc) is 2.17. The zero-order valence-electron chi connectivity index (χ0n) is 9.86. The van der Waals surface area contributed by atoms with Crippen molar-refractivity contribution in [2.45, 2.75) is 31.6 Å². The molecular weight excluding hydrogens is 212 g/mol. The summed E-state index contributed by atoms with van der Waals surface area (Å²) in [6, 6.07) is 0.133. The van der Waals surface area contributed by atoms with Crippen LogP contribution in [0.2, 0.25) is 0 Å². The molecule has 0 amide bonds. The zero-order valence-corrected chi connectivity index (χ0v) is 10.7. The van der Waals surface area contributed by atoms with Crippen LogP contribution in [0.5, 0.6) is 0 Å². The van der Waals surface area contributed by atoms with E-state index < -0.39 is 9.84 Å². The zero-order chi connectivity index (χ0) is 11.5. The molecule has 5 heteroatoms. The number of sulfone groups is 1. The minimum Gasteiger partial charge on any atom is -0.314 e. The maximum absolute atomic E-state index is 11.5. The third kappa shape index (κ3) is 3.43. The number of piperazine rings is 1. The highest BCUT2D eigenvalue weighted by molar-refractivity contribution is 7.91. The summed E-state index contributed by atoms with van der Waals surface area (Å²) in [5.41, 5.74) is 0. The van der Waals surface area contributed by atoms with Crippen LogP contribution in [0.4, 0.5) is 0 Å². The van der Waals surface area contributed by atoms with E-state index in [1.807, 2.05) is 6.92 Å². The van der Waals surface area contributed by atoms with Crippen LogP contribution in [0.15, 0.2) is 0 Å². The van der Waals surface area contributed by atoms with Crippen molar-refractivity contribution in [1.29, 1.82) is 0 Å². The number of hydrogen-bond donors (Lipinski definition) is 1. The molecule has 1 rings (SSSR count). The average molecular weight is 234 g/mol. The second kappa shape index (κ2) is 5.27. The van der Waals surface area contributed by atoms with Crippen molar-refractivity contribution in [2.24, 2.45) is 0 Å². The normalized spacial score (nSPS) is 26.5.